The minimum atomic E-state index is -0.404. The van der Waals surface area contributed by atoms with Crippen molar-refractivity contribution in [2.45, 2.75) is 37.9 Å². The van der Waals surface area contributed by atoms with E-state index in [0.717, 1.165) is 50.3 Å². The van der Waals surface area contributed by atoms with E-state index in [1.54, 1.807) is 6.20 Å². The van der Waals surface area contributed by atoms with E-state index in [1.807, 2.05) is 54.3 Å². The van der Waals surface area contributed by atoms with Crippen molar-refractivity contribution in [1.29, 1.82) is 0 Å². The number of pyridine rings is 1. The lowest BCUT2D eigenvalue weighted by Crippen LogP contribution is -2.61. The SMILES string of the molecule is CC1OC2(CCN(CCc3ccc(Cl)cn3)CC2)CN(c2ccccc2)C1=O.Cl. The smallest absolute Gasteiger partial charge is 0.255 e. The van der Waals surface area contributed by atoms with E-state index < -0.39 is 6.10 Å². The van der Waals surface area contributed by atoms with Gasteiger partial charge >= 0.3 is 0 Å². The third-order valence-electron chi connectivity index (χ3n) is 5.79. The fraction of sp³-hybridized carbons (Fsp3) is 0.455. The number of morpholine rings is 1. The van der Waals surface area contributed by atoms with Crippen LogP contribution in [0, 0.1) is 0 Å². The summed E-state index contributed by atoms with van der Waals surface area (Å²) in [5.41, 5.74) is 1.77. The van der Waals surface area contributed by atoms with Gasteiger partial charge in [0, 0.05) is 43.6 Å². The molecule has 7 heteroatoms. The molecule has 1 aromatic heterocycles. The molecule has 0 saturated carbocycles. The first-order valence-electron chi connectivity index (χ1n) is 9.92. The van der Waals surface area contributed by atoms with E-state index >= 15 is 0 Å². The number of carbonyl (C=O) groups excluding carboxylic acids is 1. The fourth-order valence-corrected chi connectivity index (χ4v) is 4.27. The number of anilines is 1. The molecule has 0 N–H and O–H groups in total. The molecule has 0 radical (unpaired) electrons. The number of halogens is 2. The van der Waals surface area contributed by atoms with Crippen LogP contribution in [0.15, 0.2) is 48.7 Å². The van der Waals surface area contributed by atoms with Crippen molar-refractivity contribution in [3.8, 4) is 0 Å². The topological polar surface area (TPSA) is 45.7 Å². The van der Waals surface area contributed by atoms with Gasteiger partial charge < -0.3 is 14.5 Å². The van der Waals surface area contributed by atoms with Gasteiger partial charge in [0.05, 0.1) is 17.2 Å². The predicted molar refractivity (Wildman–Crippen MR) is 118 cm³/mol. The highest BCUT2D eigenvalue weighted by Gasteiger charge is 2.45. The summed E-state index contributed by atoms with van der Waals surface area (Å²) in [5.74, 6) is 0.0491. The largest absolute Gasteiger partial charge is 0.360 e. The van der Waals surface area contributed by atoms with Crippen molar-refractivity contribution >= 4 is 35.6 Å². The number of hydrogen-bond donors (Lipinski definition) is 0. The number of nitrogens with zero attached hydrogens (tertiary/aromatic N) is 3. The van der Waals surface area contributed by atoms with E-state index in [9.17, 15) is 4.79 Å². The minimum Gasteiger partial charge on any atom is -0.360 e. The number of rotatable bonds is 4. The van der Waals surface area contributed by atoms with Crippen LogP contribution in [0.2, 0.25) is 5.02 Å². The Hall–Kier alpha value is -1.66. The van der Waals surface area contributed by atoms with Gasteiger partial charge in [0.25, 0.3) is 5.91 Å². The molecule has 4 rings (SSSR count). The summed E-state index contributed by atoms with van der Waals surface area (Å²) in [6.45, 7) is 5.42. The van der Waals surface area contributed by atoms with Crippen molar-refractivity contribution < 1.29 is 9.53 Å². The van der Waals surface area contributed by atoms with Gasteiger partial charge in [-0.15, -0.1) is 12.4 Å². The molecule has 2 aliphatic heterocycles. The summed E-state index contributed by atoms with van der Waals surface area (Å²) in [6, 6.07) is 13.8. The monoisotopic (exact) mass is 435 g/mol. The Morgan fingerprint density at radius 3 is 2.55 bits per heavy atom. The lowest BCUT2D eigenvalue weighted by molar-refractivity contribution is -0.161. The zero-order chi connectivity index (χ0) is 19.6. The van der Waals surface area contributed by atoms with E-state index in [1.165, 1.54) is 0 Å². The number of amides is 1. The molecule has 2 saturated heterocycles. The molecule has 0 bridgehead atoms. The number of piperidine rings is 1. The number of para-hydroxylation sites is 1. The summed E-state index contributed by atoms with van der Waals surface area (Å²) in [6.07, 6.45) is 4.08. The molecule has 1 atom stereocenters. The van der Waals surface area contributed by atoms with Gasteiger partial charge in [0.2, 0.25) is 0 Å². The molecular weight excluding hydrogens is 409 g/mol. The number of hydrogen-bond acceptors (Lipinski definition) is 4. The molecule has 156 valence electrons. The molecule has 2 aliphatic rings. The fourth-order valence-electron chi connectivity index (χ4n) is 4.16. The van der Waals surface area contributed by atoms with Crippen molar-refractivity contribution in [3.05, 3.63) is 59.4 Å². The van der Waals surface area contributed by atoms with Crippen LogP contribution in [0.5, 0.6) is 0 Å². The zero-order valence-electron chi connectivity index (χ0n) is 16.6. The van der Waals surface area contributed by atoms with Crippen molar-refractivity contribution in [1.82, 2.24) is 9.88 Å². The van der Waals surface area contributed by atoms with Crippen molar-refractivity contribution in [2.75, 3.05) is 31.1 Å². The molecule has 5 nitrogen and oxygen atoms in total. The molecule has 29 heavy (non-hydrogen) atoms. The average Bonchev–Trinajstić information content (AvgIpc) is 2.72. The molecule has 1 amide bonds. The number of likely N-dealkylation sites (tertiary alicyclic amines) is 1. The Morgan fingerprint density at radius 2 is 1.90 bits per heavy atom. The molecule has 0 aliphatic carbocycles. The zero-order valence-corrected chi connectivity index (χ0v) is 18.2. The third-order valence-corrected chi connectivity index (χ3v) is 6.02. The second-order valence-corrected chi connectivity index (χ2v) is 8.20. The second kappa shape index (κ2) is 9.43. The highest BCUT2D eigenvalue weighted by atomic mass is 35.5. The van der Waals surface area contributed by atoms with Gasteiger partial charge in [0.1, 0.15) is 6.10 Å². The summed E-state index contributed by atoms with van der Waals surface area (Å²) in [4.78, 5) is 21.4. The van der Waals surface area contributed by atoms with E-state index in [-0.39, 0.29) is 23.9 Å². The Morgan fingerprint density at radius 1 is 1.17 bits per heavy atom. The first-order chi connectivity index (χ1) is 13.5. The number of carbonyl (C=O) groups is 1. The maximum absolute atomic E-state index is 12.7. The van der Waals surface area contributed by atoms with Gasteiger partial charge in [-0.1, -0.05) is 29.8 Å². The third kappa shape index (κ3) is 5.10. The van der Waals surface area contributed by atoms with Gasteiger partial charge in [-0.2, -0.15) is 0 Å². The van der Waals surface area contributed by atoms with Crippen molar-refractivity contribution in [2.24, 2.45) is 0 Å². The van der Waals surface area contributed by atoms with E-state index in [2.05, 4.69) is 9.88 Å². The lowest BCUT2D eigenvalue weighted by atomic mass is 9.88. The van der Waals surface area contributed by atoms with Crippen LogP contribution in [0.1, 0.15) is 25.5 Å². The normalized spacial score (nSPS) is 21.8. The number of benzene rings is 1. The first-order valence-corrected chi connectivity index (χ1v) is 10.3. The van der Waals surface area contributed by atoms with Crippen LogP contribution < -0.4 is 4.90 Å². The quantitative estimate of drug-likeness (QED) is 0.728. The van der Waals surface area contributed by atoms with Crippen molar-refractivity contribution in [3.63, 3.8) is 0 Å². The Bertz CT molecular complexity index is 809. The highest BCUT2D eigenvalue weighted by Crippen LogP contribution is 2.35. The average molecular weight is 436 g/mol. The molecule has 2 aromatic rings. The Kier molecular flexibility index (Phi) is 7.17. The van der Waals surface area contributed by atoms with Crippen LogP contribution >= 0.6 is 24.0 Å². The maximum atomic E-state index is 12.7. The van der Waals surface area contributed by atoms with Crippen LogP contribution in [-0.4, -0.2) is 53.7 Å². The van der Waals surface area contributed by atoms with E-state index in [0.29, 0.717) is 11.6 Å². The van der Waals surface area contributed by atoms with Crippen LogP contribution in [-0.2, 0) is 16.0 Å². The molecule has 1 spiro atoms. The van der Waals surface area contributed by atoms with Gasteiger partial charge in [-0.05, 0) is 44.0 Å². The maximum Gasteiger partial charge on any atom is 0.255 e. The van der Waals surface area contributed by atoms with Crippen LogP contribution in [0.4, 0.5) is 5.69 Å². The second-order valence-electron chi connectivity index (χ2n) is 7.76. The molecule has 1 aromatic carbocycles. The predicted octanol–water partition coefficient (Wildman–Crippen LogP) is 3.99. The first kappa shape index (κ1) is 22.0. The summed E-state index contributed by atoms with van der Waals surface area (Å²) < 4.78 is 6.26. The minimum absolute atomic E-state index is 0. The van der Waals surface area contributed by atoms with Crippen LogP contribution in [0.3, 0.4) is 0 Å². The van der Waals surface area contributed by atoms with Gasteiger partial charge in [-0.25, -0.2) is 0 Å². The highest BCUT2D eigenvalue weighted by molar-refractivity contribution is 6.30. The lowest BCUT2D eigenvalue weighted by Gasteiger charge is -2.49. The molecule has 1 unspecified atom stereocenters. The number of ether oxygens (including phenoxy) is 1. The molecule has 2 fully saturated rings. The Balaban J connectivity index is 0.00000240. The Labute approximate surface area is 183 Å². The summed E-state index contributed by atoms with van der Waals surface area (Å²) in [5, 5.41) is 0.671. The summed E-state index contributed by atoms with van der Waals surface area (Å²) in [7, 11) is 0. The van der Waals surface area contributed by atoms with Gasteiger partial charge in [0.15, 0.2) is 0 Å². The van der Waals surface area contributed by atoms with Crippen LogP contribution in [0.25, 0.3) is 0 Å². The standard InChI is InChI=1S/C22H26ClN3O2.ClH/c1-17-21(27)26(20-5-3-2-4-6-20)16-22(28-17)10-13-25(14-11-22)12-9-19-8-7-18(23)15-24-19;/h2-8,15,17H,9-14,16H2,1H3;1H. The summed E-state index contributed by atoms with van der Waals surface area (Å²) >= 11 is 5.91. The molecule has 3 heterocycles. The molecular formula is C22H27Cl2N3O2. The number of aromatic nitrogens is 1. The van der Waals surface area contributed by atoms with E-state index in [4.69, 9.17) is 16.3 Å². The van der Waals surface area contributed by atoms with Gasteiger partial charge in [-0.3, -0.25) is 9.78 Å².